The Morgan fingerprint density at radius 2 is 2.38 bits per heavy atom. The van der Waals surface area contributed by atoms with E-state index in [4.69, 9.17) is 10.00 Å². The van der Waals surface area contributed by atoms with Crippen LogP contribution in [-0.2, 0) is 0 Å². The summed E-state index contributed by atoms with van der Waals surface area (Å²) in [5.41, 5.74) is 0. The van der Waals surface area contributed by atoms with E-state index in [1.807, 2.05) is 24.3 Å². The molecule has 0 aliphatic carbocycles. The molecule has 0 saturated heterocycles. The van der Waals surface area contributed by atoms with Crippen molar-refractivity contribution >= 4 is 11.8 Å². The van der Waals surface area contributed by atoms with Gasteiger partial charge >= 0.3 is 0 Å². The van der Waals surface area contributed by atoms with Gasteiger partial charge in [-0.15, -0.1) is 11.8 Å². The summed E-state index contributed by atoms with van der Waals surface area (Å²) in [7, 11) is 0. The van der Waals surface area contributed by atoms with E-state index in [-0.39, 0.29) is 6.10 Å². The molecule has 0 amide bonds. The van der Waals surface area contributed by atoms with Gasteiger partial charge in [-0.2, -0.15) is 5.26 Å². The van der Waals surface area contributed by atoms with Gasteiger partial charge in [0.05, 0.1) is 12.5 Å². The number of hydrogen-bond acceptors (Lipinski definition) is 3. The maximum Gasteiger partial charge on any atom is 0.133 e. The zero-order valence-corrected chi connectivity index (χ0v) is 7.88. The van der Waals surface area contributed by atoms with Crippen LogP contribution in [0.2, 0.25) is 0 Å². The second-order valence-electron chi connectivity index (χ2n) is 2.86. The monoisotopic (exact) mass is 191 g/mol. The van der Waals surface area contributed by atoms with Gasteiger partial charge in [0.15, 0.2) is 0 Å². The highest BCUT2D eigenvalue weighted by Crippen LogP contribution is 2.35. The summed E-state index contributed by atoms with van der Waals surface area (Å²) in [5.74, 6) is 1.80. The Kier molecular flexibility index (Phi) is 2.42. The summed E-state index contributed by atoms with van der Waals surface area (Å²) in [6, 6.07) is 10.1. The summed E-state index contributed by atoms with van der Waals surface area (Å²) in [6.07, 6.45) is 0.534. The Morgan fingerprint density at radius 1 is 1.54 bits per heavy atom. The third-order valence-corrected chi connectivity index (χ3v) is 3.07. The van der Waals surface area contributed by atoms with Crippen LogP contribution in [0.25, 0.3) is 0 Å². The molecular weight excluding hydrogens is 182 g/mol. The van der Waals surface area contributed by atoms with E-state index in [0.29, 0.717) is 6.42 Å². The fraction of sp³-hybridized carbons (Fsp3) is 0.300. The topological polar surface area (TPSA) is 33.0 Å². The first-order valence-electron chi connectivity index (χ1n) is 4.15. The molecule has 1 unspecified atom stereocenters. The minimum atomic E-state index is 0.0601. The zero-order chi connectivity index (χ0) is 9.10. The van der Waals surface area contributed by atoms with E-state index in [1.165, 1.54) is 4.90 Å². The number of fused-ring (bicyclic) bond motifs is 1. The number of ether oxygens (including phenoxy) is 1. The van der Waals surface area contributed by atoms with Crippen molar-refractivity contribution in [3.05, 3.63) is 24.3 Å². The van der Waals surface area contributed by atoms with E-state index in [2.05, 4.69) is 6.07 Å². The third-order valence-electron chi connectivity index (χ3n) is 1.89. The average molecular weight is 191 g/mol. The first kappa shape index (κ1) is 8.46. The minimum absolute atomic E-state index is 0.0601. The fourth-order valence-electron chi connectivity index (χ4n) is 1.27. The molecule has 0 radical (unpaired) electrons. The molecule has 1 aliphatic heterocycles. The predicted molar refractivity (Wildman–Crippen MR) is 51.8 cm³/mol. The fourth-order valence-corrected chi connectivity index (χ4v) is 2.25. The first-order valence-corrected chi connectivity index (χ1v) is 5.14. The molecule has 1 atom stereocenters. The van der Waals surface area contributed by atoms with Crippen LogP contribution in [0.3, 0.4) is 0 Å². The van der Waals surface area contributed by atoms with E-state index >= 15 is 0 Å². The van der Waals surface area contributed by atoms with Crippen molar-refractivity contribution in [3.8, 4) is 11.8 Å². The van der Waals surface area contributed by atoms with Crippen LogP contribution < -0.4 is 4.74 Å². The zero-order valence-electron chi connectivity index (χ0n) is 7.06. The van der Waals surface area contributed by atoms with Crippen molar-refractivity contribution in [1.82, 2.24) is 0 Å². The summed E-state index contributed by atoms with van der Waals surface area (Å²) < 4.78 is 5.63. The van der Waals surface area contributed by atoms with Crippen molar-refractivity contribution in [3.63, 3.8) is 0 Å². The van der Waals surface area contributed by atoms with Gasteiger partial charge < -0.3 is 4.74 Å². The summed E-state index contributed by atoms with van der Waals surface area (Å²) >= 11 is 1.76. The molecule has 3 heteroatoms. The van der Waals surface area contributed by atoms with Gasteiger partial charge in [-0.3, -0.25) is 0 Å². The van der Waals surface area contributed by atoms with E-state index in [9.17, 15) is 0 Å². The van der Waals surface area contributed by atoms with E-state index < -0.39 is 0 Å². The van der Waals surface area contributed by atoms with Gasteiger partial charge in [0.1, 0.15) is 11.9 Å². The number of rotatable bonds is 1. The van der Waals surface area contributed by atoms with Gasteiger partial charge in [-0.25, -0.2) is 0 Å². The summed E-state index contributed by atoms with van der Waals surface area (Å²) in [6.45, 7) is 0. The van der Waals surface area contributed by atoms with Crippen LogP contribution in [0.4, 0.5) is 0 Å². The smallest absolute Gasteiger partial charge is 0.133 e. The largest absolute Gasteiger partial charge is 0.487 e. The van der Waals surface area contributed by atoms with Crippen molar-refractivity contribution in [2.24, 2.45) is 0 Å². The second-order valence-corrected chi connectivity index (χ2v) is 3.92. The Labute approximate surface area is 81.5 Å². The van der Waals surface area contributed by atoms with Crippen molar-refractivity contribution in [2.45, 2.75) is 17.4 Å². The van der Waals surface area contributed by atoms with Gasteiger partial charge in [-0.05, 0) is 12.1 Å². The number of benzene rings is 1. The van der Waals surface area contributed by atoms with E-state index in [1.54, 1.807) is 11.8 Å². The maximum absolute atomic E-state index is 8.53. The number of thioether (sulfide) groups is 1. The van der Waals surface area contributed by atoms with Crippen molar-refractivity contribution in [1.29, 1.82) is 5.26 Å². The van der Waals surface area contributed by atoms with Crippen LogP contribution in [0.5, 0.6) is 5.75 Å². The molecule has 2 nitrogen and oxygen atoms in total. The normalized spacial score (nSPS) is 19.8. The molecule has 0 N–H and O–H groups in total. The Morgan fingerprint density at radius 3 is 3.23 bits per heavy atom. The second kappa shape index (κ2) is 3.71. The Balaban J connectivity index is 2.16. The molecule has 1 heterocycles. The molecule has 0 fully saturated rings. The van der Waals surface area contributed by atoms with Crippen molar-refractivity contribution in [2.75, 3.05) is 5.75 Å². The SMILES string of the molecule is N#CCC1CSc2ccccc2O1. The molecule has 2 rings (SSSR count). The molecular formula is C10H9NOS. The molecule has 66 valence electrons. The molecule has 0 aromatic heterocycles. The van der Waals surface area contributed by atoms with Crippen LogP contribution >= 0.6 is 11.8 Å². The summed E-state index contributed by atoms with van der Waals surface area (Å²) in [5, 5.41) is 8.53. The lowest BCUT2D eigenvalue weighted by molar-refractivity contribution is 0.221. The highest BCUT2D eigenvalue weighted by Gasteiger charge is 2.18. The lowest BCUT2D eigenvalue weighted by atomic mass is 10.3. The van der Waals surface area contributed by atoms with Gasteiger partial charge in [0.25, 0.3) is 0 Å². The molecule has 1 aromatic carbocycles. The van der Waals surface area contributed by atoms with Crippen LogP contribution in [0, 0.1) is 11.3 Å². The predicted octanol–water partition coefficient (Wildman–Crippen LogP) is 2.45. The van der Waals surface area contributed by atoms with Gasteiger partial charge in [-0.1, -0.05) is 12.1 Å². The quantitative estimate of drug-likeness (QED) is 0.683. The van der Waals surface area contributed by atoms with Crippen LogP contribution in [0.1, 0.15) is 6.42 Å². The third kappa shape index (κ3) is 1.78. The lowest BCUT2D eigenvalue weighted by Crippen LogP contribution is -2.22. The molecule has 0 spiro atoms. The molecule has 0 bridgehead atoms. The molecule has 13 heavy (non-hydrogen) atoms. The van der Waals surface area contributed by atoms with Crippen LogP contribution in [0.15, 0.2) is 29.2 Å². The number of nitrogens with zero attached hydrogens (tertiary/aromatic N) is 1. The van der Waals surface area contributed by atoms with Crippen LogP contribution in [-0.4, -0.2) is 11.9 Å². The van der Waals surface area contributed by atoms with Gasteiger partial charge in [0.2, 0.25) is 0 Å². The maximum atomic E-state index is 8.53. The highest BCUT2D eigenvalue weighted by atomic mass is 32.2. The average Bonchev–Trinajstić information content (AvgIpc) is 2.18. The first-order chi connectivity index (χ1) is 6.40. The number of nitriles is 1. The minimum Gasteiger partial charge on any atom is -0.487 e. The molecule has 1 aromatic rings. The van der Waals surface area contributed by atoms with E-state index in [0.717, 1.165) is 11.5 Å². The Hall–Kier alpha value is -1.14. The number of hydrogen-bond donors (Lipinski definition) is 0. The standard InChI is InChI=1S/C10H9NOS/c11-6-5-8-7-13-10-4-2-1-3-9(10)12-8/h1-4,8H,5,7H2. The molecule has 1 aliphatic rings. The summed E-state index contributed by atoms with van der Waals surface area (Å²) in [4.78, 5) is 1.18. The van der Waals surface area contributed by atoms with Gasteiger partial charge in [0, 0.05) is 10.6 Å². The Bertz CT molecular complexity index is 345. The highest BCUT2D eigenvalue weighted by molar-refractivity contribution is 7.99. The van der Waals surface area contributed by atoms with Crippen molar-refractivity contribution < 1.29 is 4.74 Å². The lowest BCUT2D eigenvalue weighted by Gasteiger charge is -2.23. The number of para-hydroxylation sites is 1. The molecule has 0 saturated carbocycles.